The summed E-state index contributed by atoms with van der Waals surface area (Å²) < 4.78 is 0. The molecule has 0 spiro atoms. The second-order valence-corrected chi connectivity index (χ2v) is 5.97. The van der Waals surface area contributed by atoms with Crippen molar-refractivity contribution in [3.8, 4) is 0 Å². The van der Waals surface area contributed by atoms with Gasteiger partial charge in [-0.2, -0.15) is 0 Å². The molecule has 2 aromatic heterocycles. The highest BCUT2D eigenvalue weighted by molar-refractivity contribution is 6.33. The van der Waals surface area contributed by atoms with Crippen LogP contribution >= 0.6 is 34.8 Å². The van der Waals surface area contributed by atoms with E-state index in [4.69, 9.17) is 34.8 Å². The van der Waals surface area contributed by atoms with Gasteiger partial charge in [0.1, 0.15) is 16.1 Å². The molecule has 10 nitrogen and oxygen atoms in total. The number of pyridine rings is 2. The van der Waals surface area contributed by atoms with Gasteiger partial charge < -0.3 is 5.32 Å². The van der Waals surface area contributed by atoms with Crippen molar-refractivity contribution in [3.05, 3.63) is 60.0 Å². The summed E-state index contributed by atoms with van der Waals surface area (Å²) in [5.74, 6) is 0.0796. The number of nitrogens with zero attached hydrogens (tertiary/aromatic N) is 4. The number of aromatic nitrogens is 2. The predicted octanol–water partition coefficient (Wildman–Crippen LogP) is 4.33. The molecule has 0 unspecified atom stereocenters. The lowest BCUT2D eigenvalue weighted by atomic mass is 10.3. The summed E-state index contributed by atoms with van der Waals surface area (Å²) in [6.45, 7) is 1.74. The van der Waals surface area contributed by atoms with Crippen molar-refractivity contribution in [2.24, 2.45) is 0 Å². The van der Waals surface area contributed by atoms with Crippen molar-refractivity contribution < 1.29 is 14.6 Å². The first-order valence-corrected chi connectivity index (χ1v) is 8.26. The maximum Gasteiger partial charge on any atom is 0.311 e. The molecule has 0 aromatic carbocycles. The third kappa shape index (κ3) is 7.69. The minimum absolute atomic E-state index is 0.00261. The normalized spacial score (nSPS) is 9.78. The predicted molar refractivity (Wildman–Crippen MR) is 101 cm³/mol. The molecular weight excluding hydrogens is 425 g/mol. The molecule has 0 radical (unpaired) electrons. The topological polar surface area (TPSA) is 141 Å². The van der Waals surface area contributed by atoms with Crippen LogP contribution in [0.4, 0.5) is 17.2 Å². The number of hydrogen-bond acceptors (Lipinski definition) is 8. The number of ketones is 1. The van der Waals surface area contributed by atoms with Crippen LogP contribution in [0.5, 0.6) is 0 Å². The molecule has 0 aliphatic heterocycles. The van der Waals surface area contributed by atoms with Crippen molar-refractivity contribution in [2.75, 3.05) is 11.9 Å². The quantitative estimate of drug-likeness (QED) is 0.400. The van der Waals surface area contributed by atoms with Crippen molar-refractivity contribution >= 4 is 57.8 Å². The smallest absolute Gasteiger partial charge is 0.311 e. The zero-order valence-electron chi connectivity index (χ0n) is 13.7. The molecule has 0 aliphatic carbocycles. The SMILES string of the molecule is CC(=O)CCNc1nc(Cl)ccc1[N+](=O)[O-].O=[N+]([O-])c1ccc(Cl)nc1Cl. The van der Waals surface area contributed by atoms with Gasteiger partial charge in [-0.3, -0.25) is 25.0 Å². The standard InChI is InChI=1S/C9H10ClN3O3.C5H2Cl2N2O2/c1-6(14)4-5-11-9-7(13(15)16)2-3-8(10)12-9;6-4-2-1-3(9(10)11)5(7)8-4/h2-3H,4-5H2,1H3,(H,11,12);1-2H. The second kappa shape index (κ2) is 10.6. The van der Waals surface area contributed by atoms with Crippen LogP contribution in [-0.2, 0) is 4.79 Å². The van der Waals surface area contributed by atoms with E-state index >= 15 is 0 Å². The number of carbonyl (C=O) groups is 1. The minimum Gasteiger partial charge on any atom is -0.364 e. The van der Waals surface area contributed by atoms with E-state index < -0.39 is 9.85 Å². The Hall–Kier alpha value is -2.56. The highest BCUT2D eigenvalue weighted by Crippen LogP contribution is 2.24. The van der Waals surface area contributed by atoms with Crippen LogP contribution in [0.15, 0.2) is 24.3 Å². The van der Waals surface area contributed by atoms with Gasteiger partial charge in [0.05, 0.1) is 9.85 Å². The number of hydrogen-bond donors (Lipinski definition) is 1. The third-order valence-electron chi connectivity index (χ3n) is 2.80. The molecule has 2 rings (SSSR count). The first-order valence-electron chi connectivity index (χ1n) is 7.12. The molecule has 144 valence electrons. The molecule has 0 fully saturated rings. The number of nitro groups is 2. The Kier molecular flexibility index (Phi) is 8.79. The molecule has 0 aliphatic rings. The summed E-state index contributed by atoms with van der Waals surface area (Å²) in [6, 6.07) is 5.13. The fourth-order valence-corrected chi connectivity index (χ4v) is 2.16. The summed E-state index contributed by atoms with van der Waals surface area (Å²) in [7, 11) is 0. The van der Waals surface area contributed by atoms with Crippen LogP contribution in [0.2, 0.25) is 15.5 Å². The van der Waals surface area contributed by atoms with Gasteiger partial charge in [0.15, 0.2) is 0 Å². The lowest BCUT2D eigenvalue weighted by molar-refractivity contribution is -0.385. The lowest BCUT2D eigenvalue weighted by Crippen LogP contribution is -2.09. The van der Waals surface area contributed by atoms with E-state index in [1.165, 1.54) is 31.2 Å². The largest absolute Gasteiger partial charge is 0.364 e. The summed E-state index contributed by atoms with van der Waals surface area (Å²) in [5, 5.41) is 23.6. The molecule has 0 amide bonds. The van der Waals surface area contributed by atoms with Gasteiger partial charge in [0.25, 0.3) is 0 Å². The Morgan fingerprint density at radius 1 is 1.00 bits per heavy atom. The van der Waals surface area contributed by atoms with Gasteiger partial charge in [-0.25, -0.2) is 9.97 Å². The molecule has 0 bridgehead atoms. The van der Waals surface area contributed by atoms with Crippen LogP contribution in [0.25, 0.3) is 0 Å². The fraction of sp³-hybridized carbons (Fsp3) is 0.214. The Morgan fingerprint density at radius 3 is 2.00 bits per heavy atom. The van der Waals surface area contributed by atoms with E-state index in [0.29, 0.717) is 6.54 Å². The average Bonchev–Trinajstić information content (AvgIpc) is 2.54. The number of rotatable bonds is 6. The maximum absolute atomic E-state index is 10.7. The van der Waals surface area contributed by atoms with E-state index in [1.54, 1.807) is 0 Å². The zero-order valence-corrected chi connectivity index (χ0v) is 16.0. The zero-order chi connectivity index (χ0) is 20.6. The summed E-state index contributed by atoms with van der Waals surface area (Å²) in [4.78, 5) is 37.6. The summed E-state index contributed by atoms with van der Waals surface area (Å²) in [5.41, 5.74) is -0.399. The lowest BCUT2D eigenvalue weighted by Gasteiger charge is -2.04. The molecule has 0 saturated carbocycles. The van der Waals surface area contributed by atoms with Gasteiger partial charge >= 0.3 is 11.4 Å². The van der Waals surface area contributed by atoms with Crippen LogP contribution in [0, 0.1) is 20.2 Å². The third-order valence-corrected chi connectivity index (χ3v) is 3.50. The van der Waals surface area contributed by atoms with Gasteiger partial charge in [-0.1, -0.05) is 34.8 Å². The first-order chi connectivity index (χ1) is 12.6. The molecule has 2 heterocycles. The Bertz CT molecular complexity index is 865. The molecule has 27 heavy (non-hydrogen) atoms. The number of anilines is 1. The van der Waals surface area contributed by atoms with E-state index in [1.807, 2.05) is 0 Å². The Labute approximate surface area is 167 Å². The van der Waals surface area contributed by atoms with Gasteiger partial charge in [-0.15, -0.1) is 0 Å². The van der Waals surface area contributed by atoms with Gasteiger partial charge in [0, 0.05) is 25.1 Å². The summed E-state index contributed by atoms with van der Waals surface area (Å²) >= 11 is 16.4. The number of nitrogens with one attached hydrogen (secondary N) is 1. The van der Waals surface area contributed by atoms with Gasteiger partial charge in [0.2, 0.25) is 11.0 Å². The van der Waals surface area contributed by atoms with Crippen LogP contribution in [0.1, 0.15) is 13.3 Å². The van der Waals surface area contributed by atoms with Crippen LogP contribution < -0.4 is 5.32 Å². The van der Waals surface area contributed by atoms with Crippen molar-refractivity contribution in [2.45, 2.75) is 13.3 Å². The molecule has 0 atom stereocenters. The van der Waals surface area contributed by atoms with E-state index in [2.05, 4.69) is 15.3 Å². The van der Waals surface area contributed by atoms with E-state index in [-0.39, 0.29) is 44.9 Å². The maximum atomic E-state index is 10.7. The van der Waals surface area contributed by atoms with Crippen molar-refractivity contribution in [1.29, 1.82) is 0 Å². The van der Waals surface area contributed by atoms with Crippen molar-refractivity contribution in [3.63, 3.8) is 0 Å². The first kappa shape index (κ1) is 22.5. The highest BCUT2D eigenvalue weighted by Gasteiger charge is 2.15. The second-order valence-electron chi connectivity index (χ2n) is 4.84. The molecule has 0 saturated heterocycles. The summed E-state index contributed by atoms with van der Waals surface area (Å²) in [6.07, 6.45) is 0.283. The van der Waals surface area contributed by atoms with Gasteiger partial charge in [-0.05, 0) is 19.1 Å². The molecule has 13 heteroatoms. The minimum atomic E-state index is -0.619. The number of halogens is 3. The monoisotopic (exact) mass is 435 g/mol. The Balaban J connectivity index is 0.000000289. The van der Waals surface area contributed by atoms with Crippen molar-refractivity contribution in [1.82, 2.24) is 9.97 Å². The van der Waals surface area contributed by atoms with E-state index in [0.717, 1.165) is 0 Å². The van der Waals surface area contributed by atoms with Crippen LogP contribution in [-0.4, -0.2) is 32.1 Å². The van der Waals surface area contributed by atoms with E-state index in [9.17, 15) is 25.0 Å². The molecular formula is C14H12Cl3N5O5. The van der Waals surface area contributed by atoms with Crippen LogP contribution in [0.3, 0.4) is 0 Å². The number of Topliss-reactive ketones (excluding diaryl/α,β-unsaturated/α-hetero) is 1. The number of carbonyl (C=O) groups excluding carboxylic acids is 1. The molecule has 2 aromatic rings. The molecule has 1 N–H and O–H groups in total. The highest BCUT2D eigenvalue weighted by atomic mass is 35.5. The Morgan fingerprint density at radius 2 is 1.52 bits per heavy atom. The fourth-order valence-electron chi connectivity index (χ4n) is 1.60. The average molecular weight is 437 g/mol.